The van der Waals surface area contributed by atoms with E-state index in [4.69, 9.17) is 14.2 Å². The topological polar surface area (TPSA) is 44.8 Å². The van der Waals surface area contributed by atoms with Crippen LogP contribution in [0.5, 0.6) is 0 Å². The maximum Gasteiger partial charge on any atom is 0.182 e. The maximum absolute atomic E-state index is 11.2. The lowest BCUT2D eigenvalue weighted by Gasteiger charge is -2.30. The van der Waals surface area contributed by atoms with Crippen molar-refractivity contribution >= 4 is 5.78 Å². The van der Waals surface area contributed by atoms with Gasteiger partial charge in [-0.05, 0) is 12.2 Å². The second-order valence-electron chi connectivity index (χ2n) is 3.96. The van der Waals surface area contributed by atoms with E-state index in [1.54, 1.807) is 6.08 Å². The number of ketones is 1. The first kappa shape index (κ1) is 8.59. The van der Waals surface area contributed by atoms with E-state index in [0.717, 1.165) is 6.42 Å². The normalized spacial score (nSPS) is 46.1. The molecule has 4 nitrogen and oxygen atoms in total. The monoisotopic (exact) mass is 196 g/mol. The Hall–Kier alpha value is -0.710. The van der Waals surface area contributed by atoms with Crippen LogP contribution in [0.15, 0.2) is 12.2 Å². The number of rotatable bonds is 0. The molecule has 0 aromatic heterocycles. The Morgan fingerprint density at radius 3 is 3.36 bits per heavy atom. The van der Waals surface area contributed by atoms with Crippen molar-refractivity contribution in [1.82, 2.24) is 0 Å². The second-order valence-corrected chi connectivity index (χ2v) is 3.96. The minimum Gasteiger partial charge on any atom is -0.376 e. The van der Waals surface area contributed by atoms with Crippen LogP contribution in [0.2, 0.25) is 0 Å². The van der Waals surface area contributed by atoms with Crippen molar-refractivity contribution < 1.29 is 19.0 Å². The summed E-state index contributed by atoms with van der Waals surface area (Å²) in [5.41, 5.74) is -0.394. The smallest absolute Gasteiger partial charge is 0.182 e. The molecule has 0 amide bonds. The molecule has 0 aromatic carbocycles. The first-order chi connectivity index (χ1) is 6.78. The number of fused-ring (bicyclic) bond motifs is 1. The third kappa shape index (κ3) is 1.15. The Morgan fingerprint density at radius 2 is 2.43 bits per heavy atom. The van der Waals surface area contributed by atoms with Crippen LogP contribution >= 0.6 is 0 Å². The van der Waals surface area contributed by atoms with E-state index < -0.39 is 5.60 Å². The van der Waals surface area contributed by atoms with E-state index in [1.807, 2.05) is 6.08 Å². The van der Waals surface area contributed by atoms with Crippen molar-refractivity contribution in [2.45, 2.75) is 30.8 Å². The zero-order chi connectivity index (χ0) is 9.60. The number of ether oxygens (including phenoxy) is 3. The minimum atomic E-state index is -0.394. The van der Waals surface area contributed by atoms with E-state index in [9.17, 15) is 4.79 Å². The fourth-order valence-corrected chi connectivity index (χ4v) is 2.29. The predicted molar refractivity (Wildman–Crippen MR) is 46.7 cm³/mol. The van der Waals surface area contributed by atoms with Crippen molar-refractivity contribution in [3.63, 3.8) is 0 Å². The minimum absolute atomic E-state index is 0.103. The molecular formula is C10H12O4. The number of carbonyl (C=O) groups is 1. The van der Waals surface area contributed by atoms with Gasteiger partial charge < -0.3 is 14.2 Å². The molecule has 3 aliphatic rings. The van der Waals surface area contributed by atoms with Gasteiger partial charge in [-0.2, -0.15) is 0 Å². The zero-order valence-electron chi connectivity index (χ0n) is 7.77. The molecule has 2 heterocycles. The molecule has 2 aliphatic heterocycles. The van der Waals surface area contributed by atoms with Crippen LogP contribution in [-0.4, -0.2) is 37.0 Å². The molecule has 0 saturated carbocycles. The number of allylic oxidation sites excluding steroid dienone is 1. The SMILES string of the molecule is O=C1C=C[C@@]23CCOC[C@@H](O[C@@H]2C1)O3. The van der Waals surface area contributed by atoms with Crippen molar-refractivity contribution in [3.05, 3.63) is 12.2 Å². The molecule has 4 heteroatoms. The quantitative estimate of drug-likeness (QED) is 0.563. The van der Waals surface area contributed by atoms with Crippen LogP contribution in [0.25, 0.3) is 0 Å². The van der Waals surface area contributed by atoms with E-state index in [-0.39, 0.29) is 18.2 Å². The molecule has 0 aromatic rings. The number of hydrogen-bond donors (Lipinski definition) is 0. The van der Waals surface area contributed by atoms with Gasteiger partial charge in [0.15, 0.2) is 12.1 Å². The lowest BCUT2D eigenvalue weighted by Crippen LogP contribution is -2.42. The molecule has 0 radical (unpaired) electrons. The van der Waals surface area contributed by atoms with Gasteiger partial charge in [0.05, 0.1) is 6.61 Å². The summed E-state index contributed by atoms with van der Waals surface area (Å²) in [5, 5.41) is 0. The van der Waals surface area contributed by atoms with Crippen LogP contribution < -0.4 is 0 Å². The lowest BCUT2D eigenvalue weighted by atomic mass is 9.85. The van der Waals surface area contributed by atoms with Gasteiger partial charge in [0.25, 0.3) is 0 Å². The average molecular weight is 196 g/mol. The number of hydrogen-bond acceptors (Lipinski definition) is 4. The highest BCUT2D eigenvalue weighted by molar-refractivity contribution is 5.91. The third-order valence-electron chi connectivity index (χ3n) is 3.04. The molecule has 3 atom stereocenters. The molecule has 2 saturated heterocycles. The molecule has 0 unspecified atom stereocenters. The molecule has 2 fully saturated rings. The van der Waals surface area contributed by atoms with Gasteiger partial charge in [-0.25, -0.2) is 0 Å². The fraction of sp³-hybridized carbons (Fsp3) is 0.700. The largest absolute Gasteiger partial charge is 0.376 e. The van der Waals surface area contributed by atoms with E-state index in [1.165, 1.54) is 0 Å². The van der Waals surface area contributed by atoms with Gasteiger partial charge in [0.1, 0.15) is 11.7 Å². The van der Waals surface area contributed by atoms with Crippen molar-refractivity contribution in [2.24, 2.45) is 0 Å². The molecule has 1 aliphatic carbocycles. The Morgan fingerprint density at radius 1 is 1.50 bits per heavy atom. The molecule has 76 valence electrons. The van der Waals surface area contributed by atoms with E-state index in [2.05, 4.69) is 0 Å². The van der Waals surface area contributed by atoms with E-state index in [0.29, 0.717) is 19.6 Å². The summed E-state index contributed by atoms with van der Waals surface area (Å²) in [6, 6.07) is 0. The van der Waals surface area contributed by atoms with Crippen LogP contribution in [0.4, 0.5) is 0 Å². The van der Waals surface area contributed by atoms with Gasteiger partial charge in [-0.1, -0.05) is 0 Å². The van der Waals surface area contributed by atoms with Gasteiger partial charge in [0.2, 0.25) is 0 Å². The standard InChI is InChI=1S/C10H12O4/c11-7-1-2-10-3-4-12-6-9(14-10)13-8(10)5-7/h1-2,8-9H,3-6H2/t8-,9+,10-/m1/s1. The maximum atomic E-state index is 11.2. The highest BCUT2D eigenvalue weighted by atomic mass is 16.8. The summed E-state index contributed by atoms with van der Waals surface area (Å²) in [4.78, 5) is 11.2. The van der Waals surface area contributed by atoms with Crippen LogP contribution in [0, 0.1) is 0 Å². The molecule has 14 heavy (non-hydrogen) atoms. The molecule has 1 spiro atoms. The van der Waals surface area contributed by atoms with Crippen LogP contribution in [0.3, 0.4) is 0 Å². The van der Waals surface area contributed by atoms with Crippen LogP contribution in [0.1, 0.15) is 12.8 Å². The highest BCUT2D eigenvalue weighted by Crippen LogP contribution is 2.40. The van der Waals surface area contributed by atoms with Gasteiger partial charge >= 0.3 is 0 Å². The summed E-state index contributed by atoms with van der Waals surface area (Å²) in [6.07, 6.45) is 4.27. The summed E-state index contributed by atoms with van der Waals surface area (Å²) in [7, 11) is 0. The Kier molecular flexibility index (Phi) is 1.77. The Bertz CT molecular complexity index is 298. The van der Waals surface area contributed by atoms with E-state index >= 15 is 0 Å². The fourth-order valence-electron chi connectivity index (χ4n) is 2.29. The lowest BCUT2D eigenvalue weighted by molar-refractivity contribution is -0.120. The summed E-state index contributed by atoms with van der Waals surface area (Å²) in [6.45, 7) is 1.15. The molecule has 2 bridgehead atoms. The highest BCUT2D eigenvalue weighted by Gasteiger charge is 2.51. The second kappa shape index (κ2) is 2.89. The summed E-state index contributed by atoms with van der Waals surface area (Å²) in [5.74, 6) is 0.122. The summed E-state index contributed by atoms with van der Waals surface area (Å²) < 4.78 is 16.7. The first-order valence-corrected chi connectivity index (χ1v) is 4.92. The first-order valence-electron chi connectivity index (χ1n) is 4.92. The number of carbonyl (C=O) groups excluding carboxylic acids is 1. The van der Waals surface area contributed by atoms with Crippen molar-refractivity contribution in [1.29, 1.82) is 0 Å². The zero-order valence-corrected chi connectivity index (χ0v) is 7.77. The third-order valence-corrected chi connectivity index (χ3v) is 3.04. The Labute approximate surface area is 81.8 Å². The molecule has 3 rings (SSSR count). The predicted octanol–water partition coefficient (Wildman–Crippen LogP) is 0.416. The van der Waals surface area contributed by atoms with Gasteiger partial charge in [-0.15, -0.1) is 0 Å². The average Bonchev–Trinajstić information content (AvgIpc) is 2.36. The summed E-state index contributed by atoms with van der Waals surface area (Å²) >= 11 is 0. The van der Waals surface area contributed by atoms with Crippen molar-refractivity contribution in [3.8, 4) is 0 Å². The van der Waals surface area contributed by atoms with Gasteiger partial charge in [-0.3, -0.25) is 4.79 Å². The Balaban J connectivity index is 1.95. The van der Waals surface area contributed by atoms with Crippen LogP contribution in [-0.2, 0) is 19.0 Å². The van der Waals surface area contributed by atoms with Gasteiger partial charge in [0, 0.05) is 19.4 Å². The van der Waals surface area contributed by atoms with Crippen molar-refractivity contribution in [2.75, 3.05) is 13.2 Å². The molecule has 0 N–H and O–H groups in total. The molecular weight excluding hydrogens is 184 g/mol.